The molecule has 2 aromatic carbocycles. The summed E-state index contributed by atoms with van der Waals surface area (Å²) in [5, 5.41) is 2.78. The van der Waals surface area contributed by atoms with Crippen molar-refractivity contribution in [2.24, 2.45) is 0 Å². The van der Waals surface area contributed by atoms with E-state index >= 15 is 0 Å². The first-order valence-electron chi connectivity index (χ1n) is 8.61. The molecule has 1 amide bonds. The number of benzene rings is 2. The van der Waals surface area contributed by atoms with Gasteiger partial charge in [-0.25, -0.2) is 4.68 Å². The summed E-state index contributed by atoms with van der Waals surface area (Å²) >= 11 is 18.8. The summed E-state index contributed by atoms with van der Waals surface area (Å²) in [5.74, 6) is 1.06. The van der Waals surface area contributed by atoms with E-state index in [4.69, 9.17) is 39.8 Å². The summed E-state index contributed by atoms with van der Waals surface area (Å²) < 4.78 is 8.09. The van der Waals surface area contributed by atoms with Gasteiger partial charge in [0.2, 0.25) is 5.91 Å². The molecule has 0 aliphatic rings. The van der Waals surface area contributed by atoms with Crippen LogP contribution in [0, 0.1) is 3.95 Å². The van der Waals surface area contributed by atoms with Gasteiger partial charge in [0.15, 0.2) is 9.71 Å². The highest BCUT2D eigenvalue weighted by atomic mass is 35.5. The zero-order valence-corrected chi connectivity index (χ0v) is 18.0. The Bertz CT molecular complexity index is 1230. The molecule has 0 fully saturated rings. The Labute approximate surface area is 186 Å². The summed E-state index contributed by atoms with van der Waals surface area (Å²) in [6, 6.07) is 18.5. The maximum Gasteiger partial charge on any atom is 0.243 e. The Hall–Kier alpha value is -2.38. The van der Waals surface area contributed by atoms with Crippen LogP contribution in [0.3, 0.4) is 0 Å². The van der Waals surface area contributed by atoms with Gasteiger partial charge >= 0.3 is 0 Å². The van der Waals surface area contributed by atoms with E-state index in [1.165, 1.54) is 11.3 Å². The molecule has 4 rings (SSSR count). The Morgan fingerprint density at radius 2 is 1.79 bits per heavy atom. The van der Waals surface area contributed by atoms with Crippen LogP contribution in [0.5, 0.6) is 0 Å². The summed E-state index contributed by atoms with van der Waals surface area (Å²) in [4.78, 5) is 12.5. The number of carbonyl (C=O) groups is 1. The number of rotatable bonds is 5. The molecule has 29 heavy (non-hydrogen) atoms. The number of furan rings is 1. The molecule has 4 aromatic rings. The molecule has 0 aliphatic carbocycles. The van der Waals surface area contributed by atoms with Gasteiger partial charge in [0.1, 0.15) is 11.5 Å². The average Bonchev–Trinajstić information content (AvgIpc) is 3.32. The molecule has 2 aromatic heterocycles. The molecular weight excluding hydrogens is 447 g/mol. The van der Waals surface area contributed by atoms with E-state index in [1.54, 1.807) is 16.8 Å². The van der Waals surface area contributed by atoms with Crippen molar-refractivity contribution in [2.45, 2.75) is 6.42 Å². The molecule has 8 heteroatoms. The molecule has 4 nitrogen and oxygen atoms in total. The fourth-order valence-electron chi connectivity index (χ4n) is 2.81. The number of hydrogen-bond acceptors (Lipinski definition) is 4. The third-order valence-electron chi connectivity index (χ3n) is 4.20. The van der Waals surface area contributed by atoms with Crippen molar-refractivity contribution in [3.8, 4) is 22.8 Å². The largest absolute Gasteiger partial charge is 0.454 e. The monoisotopic (exact) mass is 460 g/mol. The number of nitrogens with one attached hydrogen (secondary N) is 1. The van der Waals surface area contributed by atoms with Crippen molar-refractivity contribution in [1.29, 1.82) is 0 Å². The van der Waals surface area contributed by atoms with Crippen LogP contribution in [-0.4, -0.2) is 10.6 Å². The lowest BCUT2D eigenvalue weighted by atomic mass is 10.1. The highest BCUT2D eigenvalue weighted by molar-refractivity contribution is 7.73. The van der Waals surface area contributed by atoms with E-state index in [1.807, 2.05) is 53.9 Å². The first-order valence-corrected chi connectivity index (χ1v) is 10.7. The van der Waals surface area contributed by atoms with Crippen LogP contribution in [0.4, 0.5) is 0 Å². The summed E-state index contributed by atoms with van der Waals surface area (Å²) in [6.45, 7) is 0. The number of carbonyl (C=O) groups excluding carboxylic acids is 1. The Morgan fingerprint density at radius 1 is 1.03 bits per heavy atom. The van der Waals surface area contributed by atoms with Gasteiger partial charge in [0.05, 0.1) is 16.5 Å². The van der Waals surface area contributed by atoms with Crippen molar-refractivity contribution < 1.29 is 9.21 Å². The normalized spacial score (nSPS) is 10.8. The van der Waals surface area contributed by atoms with Gasteiger partial charge in [0.25, 0.3) is 0 Å². The zero-order valence-electron chi connectivity index (χ0n) is 14.9. The molecule has 146 valence electrons. The van der Waals surface area contributed by atoms with Crippen molar-refractivity contribution >= 4 is 52.7 Å². The lowest BCUT2D eigenvalue weighted by Crippen LogP contribution is -2.24. The van der Waals surface area contributed by atoms with E-state index in [-0.39, 0.29) is 12.3 Å². The molecule has 0 atom stereocenters. The van der Waals surface area contributed by atoms with Gasteiger partial charge in [-0.15, -0.1) is 11.3 Å². The number of hydrogen-bond donors (Lipinski definition) is 1. The zero-order chi connectivity index (χ0) is 20.4. The van der Waals surface area contributed by atoms with E-state index in [9.17, 15) is 4.79 Å². The number of aromatic nitrogens is 1. The maximum absolute atomic E-state index is 12.5. The first-order chi connectivity index (χ1) is 14.0. The molecule has 0 unspecified atom stereocenters. The second kappa shape index (κ2) is 8.55. The molecular formula is C21H14Cl2N2O2S2. The third-order valence-corrected chi connectivity index (χ3v) is 6.14. The van der Waals surface area contributed by atoms with E-state index in [0.717, 1.165) is 11.1 Å². The number of halogens is 2. The van der Waals surface area contributed by atoms with Crippen LogP contribution >= 0.6 is 46.8 Å². The second-order valence-corrected chi connectivity index (χ2v) is 8.53. The quantitative estimate of drug-likeness (QED) is 0.332. The number of amides is 1. The summed E-state index contributed by atoms with van der Waals surface area (Å²) in [6.07, 6.45) is 0.255. The lowest BCUT2D eigenvalue weighted by molar-refractivity contribution is -0.116. The average molecular weight is 461 g/mol. The van der Waals surface area contributed by atoms with Gasteiger partial charge in [0, 0.05) is 10.9 Å². The minimum atomic E-state index is -0.164. The standard InChI is InChI=1S/C21H14Cl2N2O2S2/c22-15-7-6-14(11-16(15)23)18-8-9-19(27-18)17-12-29-21(28)25(17)24-20(26)10-13-4-2-1-3-5-13/h1-9,11-12H,10H2,(H,24,26). The predicted molar refractivity (Wildman–Crippen MR) is 121 cm³/mol. The molecule has 0 saturated heterocycles. The first kappa shape index (κ1) is 19.9. The van der Waals surface area contributed by atoms with Crippen molar-refractivity contribution in [1.82, 2.24) is 4.68 Å². The molecule has 0 radical (unpaired) electrons. The minimum absolute atomic E-state index is 0.164. The van der Waals surface area contributed by atoms with Crippen LogP contribution < -0.4 is 5.43 Å². The maximum atomic E-state index is 12.5. The van der Waals surface area contributed by atoms with Crippen LogP contribution in [-0.2, 0) is 11.2 Å². The highest BCUT2D eigenvalue weighted by Crippen LogP contribution is 2.33. The molecule has 0 bridgehead atoms. The topological polar surface area (TPSA) is 47.2 Å². The van der Waals surface area contributed by atoms with E-state index in [0.29, 0.717) is 31.2 Å². The smallest absolute Gasteiger partial charge is 0.243 e. The Balaban J connectivity index is 1.59. The Morgan fingerprint density at radius 3 is 2.55 bits per heavy atom. The van der Waals surface area contributed by atoms with E-state index in [2.05, 4.69) is 5.43 Å². The van der Waals surface area contributed by atoms with Gasteiger partial charge in [-0.1, -0.05) is 53.5 Å². The fourth-order valence-corrected chi connectivity index (χ4v) is 4.08. The van der Waals surface area contributed by atoms with Gasteiger partial charge in [-0.2, -0.15) is 0 Å². The highest BCUT2D eigenvalue weighted by Gasteiger charge is 2.15. The molecule has 0 spiro atoms. The minimum Gasteiger partial charge on any atom is -0.454 e. The van der Waals surface area contributed by atoms with Crippen LogP contribution in [0.15, 0.2) is 70.5 Å². The summed E-state index contributed by atoms with van der Waals surface area (Å²) in [5.41, 5.74) is 5.26. The SMILES string of the molecule is O=C(Cc1ccccc1)Nn1c(-c2ccc(-c3ccc(Cl)c(Cl)c3)o2)csc1=S. The van der Waals surface area contributed by atoms with Crippen LogP contribution in [0.2, 0.25) is 10.0 Å². The van der Waals surface area contributed by atoms with Gasteiger partial charge < -0.3 is 4.42 Å². The third kappa shape index (κ3) is 4.46. The van der Waals surface area contributed by atoms with Crippen molar-refractivity contribution in [3.63, 3.8) is 0 Å². The molecule has 2 heterocycles. The lowest BCUT2D eigenvalue weighted by Gasteiger charge is -2.09. The van der Waals surface area contributed by atoms with Crippen LogP contribution in [0.1, 0.15) is 5.56 Å². The van der Waals surface area contributed by atoms with Crippen molar-refractivity contribution in [2.75, 3.05) is 5.43 Å². The molecule has 0 aliphatic heterocycles. The molecule has 0 saturated carbocycles. The number of nitrogens with zero attached hydrogens (tertiary/aromatic N) is 1. The fraction of sp³-hybridized carbons (Fsp3) is 0.0476. The van der Waals surface area contributed by atoms with Crippen LogP contribution in [0.25, 0.3) is 22.8 Å². The van der Waals surface area contributed by atoms with Gasteiger partial charge in [-0.05, 0) is 48.1 Å². The molecule has 1 N–H and O–H groups in total. The van der Waals surface area contributed by atoms with E-state index < -0.39 is 0 Å². The van der Waals surface area contributed by atoms with Gasteiger partial charge in [-0.3, -0.25) is 10.2 Å². The van der Waals surface area contributed by atoms with Crippen molar-refractivity contribution in [3.05, 3.63) is 85.6 Å². The number of thiazole rings is 1. The summed E-state index contributed by atoms with van der Waals surface area (Å²) in [7, 11) is 0. The predicted octanol–water partition coefficient (Wildman–Crippen LogP) is 6.83. The Kier molecular flexibility index (Phi) is 5.87. The second-order valence-electron chi connectivity index (χ2n) is 6.21.